The highest BCUT2D eigenvalue weighted by molar-refractivity contribution is 5.96. The molecular formula is C16H19N3O3. The van der Waals surface area contributed by atoms with Crippen LogP contribution in [0.3, 0.4) is 0 Å². The van der Waals surface area contributed by atoms with Crippen LogP contribution in [0.4, 0.5) is 10.5 Å². The van der Waals surface area contributed by atoms with Gasteiger partial charge < -0.3 is 20.4 Å². The fourth-order valence-electron chi connectivity index (χ4n) is 1.88. The minimum absolute atomic E-state index is 0.278. The molecule has 0 fully saturated rings. The van der Waals surface area contributed by atoms with Crippen LogP contribution in [0.15, 0.2) is 53.1 Å². The number of hydrogen-bond donors (Lipinski definition) is 3. The molecule has 22 heavy (non-hydrogen) atoms. The van der Waals surface area contributed by atoms with E-state index in [0.717, 1.165) is 0 Å². The molecule has 0 aliphatic heterocycles. The average Bonchev–Trinajstić information content (AvgIpc) is 3.02. The molecule has 3 amide bonds. The molecule has 1 heterocycles. The van der Waals surface area contributed by atoms with E-state index in [1.807, 2.05) is 18.2 Å². The van der Waals surface area contributed by atoms with Crippen molar-refractivity contribution in [2.75, 3.05) is 5.32 Å². The van der Waals surface area contributed by atoms with Crippen LogP contribution in [0.2, 0.25) is 0 Å². The molecule has 2 aromatic rings. The SMILES string of the molecule is CC(NC(=O)NC(C)c1ccco1)C(=O)Nc1ccccc1. The Bertz CT molecular complexity index is 611. The van der Waals surface area contributed by atoms with Gasteiger partial charge in [0.15, 0.2) is 0 Å². The molecule has 0 bridgehead atoms. The van der Waals surface area contributed by atoms with Crippen molar-refractivity contribution in [2.45, 2.75) is 25.9 Å². The zero-order valence-corrected chi connectivity index (χ0v) is 12.5. The van der Waals surface area contributed by atoms with Crippen LogP contribution in [0.25, 0.3) is 0 Å². The topological polar surface area (TPSA) is 83.4 Å². The maximum Gasteiger partial charge on any atom is 0.316 e. The number of rotatable bonds is 5. The highest BCUT2D eigenvalue weighted by Gasteiger charge is 2.18. The largest absolute Gasteiger partial charge is 0.467 e. The van der Waals surface area contributed by atoms with Crippen molar-refractivity contribution in [2.24, 2.45) is 0 Å². The molecular weight excluding hydrogens is 282 g/mol. The summed E-state index contributed by atoms with van der Waals surface area (Å²) in [6.07, 6.45) is 1.54. The number of urea groups is 1. The summed E-state index contributed by atoms with van der Waals surface area (Å²) in [5, 5.41) is 8.03. The Morgan fingerprint density at radius 2 is 1.73 bits per heavy atom. The summed E-state index contributed by atoms with van der Waals surface area (Å²) in [7, 11) is 0. The second-order valence-corrected chi connectivity index (χ2v) is 4.93. The summed E-state index contributed by atoms with van der Waals surface area (Å²) in [6, 6.07) is 11.2. The van der Waals surface area contributed by atoms with E-state index >= 15 is 0 Å². The van der Waals surface area contributed by atoms with Gasteiger partial charge >= 0.3 is 6.03 Å². The van der Waals surface area contributed by atoms with E-state index in [-0.39, 0.29) is 11.9 Å². The van der Waals surface area contributed by atoms with Gasteiger partial charge in [-0.2, -0.15) is 0 Å². The molecule has 0 saturated carbocycles. The summed E-state index contributed by atoms with van der Waals surface area (Å²) in [4.78, 5) is 23.9. The molecule has 3 N–H and O–H groups in total. The number of carbonyl (C=O) groups excluding carboxylic acids is 2. The second kappa shape index (κ2) is 7.31. The molecule has 0 saturated heterocycles. The van der Waals surface area contributed by atoms with Crippen LogP contribution in [0.5, 0.6) is 0 Å². The molecule has 0 aliphatic rings. The molecule has 0 aliphatic carbocycles. The monoisotopic (exact) mass is 301 g/mol. The molecule has 0 spiro atoms. The summed E-state index contributed by atoms with van der Waals surface area (Å²) in [6.45, 7) is 3.42. The lowest BCUT2D eigenvalue weighted by atomic mass is 10.2. The molecule has 2 rings (SSSR count). The predicted molar refractivity (Wildman–Crippen MR) is 83.3 cm³/mol. The van der Waals surface area contributed by atoms with E-state index in [9.17, 15) is 9.59 Å². The average molecular weight is 301 g/mol. The molecule has 116 valence electrons. The highest BCUT2D eigenvalue weighted by Crippen LogP contribution is 2.11. The van der Waals surface area contributed by atoms with Gasteiger partial charge in [-0.15, -0.1) is 0 Å². The van der Waals surface area contributed by atoms with Crippen molar-refractivity contribution < 1.29 is 14.0 Å². The van der Waals surface area contributed by atoms with Crippen LogP contribution in [0, 0.1) is 0 Å². The third kappa shape index (κ3) is 4.37. The van der Waals surface area contributed by atoms with Crippen molar-refractivity contribution in [3.8, 4) is 0 Å². The van der Waals surface area contributed by atoms with Gasteiger partial charge in [-0.05, 0) is 38.1 Å². The first-order valence-electron chi connectivity index (χ1n) is 7.02. The van der Waals surface area contributed by atoms with Gasteiger partial charge in [-0.3, -0.25) is 4.79 Å². The van der Waals surface area contributed by atoms with Gasteiger partial charge in [-0.25, -0.2) is 4.79 Å². The molecule has 0 radical (unpaired) electrons. The number of hydrogen-bond acceptors (Lipinski definition) is 3. The van der Waals surface area contributed by atoms with E-state index in [4.69, 9.17) is 4.42 Å². The first kappa shape index (κ1) is 15.6. The van der Waals surface area contributed by atoms with E-state index in [2.05, 4.69) is 16.0 Å². The molecule has 2 unspecified atom stereocenters. The summed E-state index contributed by atoms with van der Waals surface area (Å²) >= 11 is 0. The van der Waals surface area contributed by atoms with Crippen molar-refractivity contribution >= 4 is 17.6 Å². The predicted octanol–water partition coefficient (Wildman–Crippen LogP) is 2.67. The van der Waals surface area contributed by atoms with Gasteiger partial charge in [0.1, 0.15) is 11.8 Å². The third-order valence-corrected chi connectivity index (χ3v) is 3.10. The number of carbonyl (C=O) groups is 2. The Kier molecular flexibility index (Phi) is 5.19. The van der Waals surface area contributed by atoms with Crippen molar-refractivity contribution in [3.05, 3.63) is 54.5 Å². The maximum absolute atomic E-state index is 12.0. The highest BCUT2D eigenvalue weighted by atomic mass is 16.3. The number of anilines is 1. The molecule has 2 atom stereocenters. The summed E-state index contributed by atoms with van der Waals surface area (Å²) < 4.78 is 5.21. The minimum atomic E-state index is -0.663. The zero-order chi connectivity index (χ0) is 15.9. The number of nitrogens with one attached hydrogen (secondary N) is 3. The Morgan fingerprint density at radius 1 is 1.00 bits per heavy atom. The summed E-state index contributed by atoms with van der Waals surface area (Å²) in [5.74, 6) is 0.364. The first-order chi connectivity index (χ1) is 10.6. The quantitative estimate of drug-likeness (QED) is 0.794. The Hall–Kier alpha value is -2.76. The lowest BCUT2D eigenvalue weighted by Crippen LogP contribution is -2.46. The number of amides is 3. The smallest absolute Gasteiger partial charge is 0.316 e. The standard InChI is InChI=1S/C16H19N3O3/c1-11(14-9-6-10-22-14)17-16(21)18-12(2)15(20)19-13-7-4-3-5-8-13/h3-12H,1-2H3,(H,19,20)(H2,17,18,21). The van der Waals surface area contributed by atoms with Gasteiger partial charge in [0.25, 0.3) is 0 Å². The second-order valence-electron chi connectivity index (χ2n) is 4.93. The minimum Gasteiger partial charge on any atom is -0.467 e. The van der Waals surface area contributed by atoms with Gasteiger partial charge in [0, 0.05) is 5.69 Å². The van der Waals surface area contributed by atoms with Crippen LogP contribution in [-0.2, 0) is 4.79 Å². The van der Waals surface area contributed by atoms with E-state index in [1.165, 1.54) is 0 Å². The Labute approximate surface area is 128 Å². The zero-order valence-electron chi connectivity index (χ0n) is 12.5. The van der Waals surface area contributed by atoms with Crippen LogP contribution in [0.1, 0.15) is 25.6 Å². The Balaban J connectivity index is 1.81. The molecule has 1 aromatic carbocycles. The molecule has 6 nitrogen and oxygen atoms in total. The molecule has 6 heteroatoms. The van der Waals surface area contributed by atoms with Gasteiger partial charge in [0.05, 0.1) is 12.3 Å². The number of para-hydroxylation sites is 1. The van der Waals surface area contributed by atoms with Crippen molar-refractivity contribution in [1.29, 1.82) is 0 Å². The van der Waals surface area contributed by atoms with E-state index < -0.39 is 12.1 Å². The van der Waals surface area contributed by atoms with Crippen LogP contribution in [-0.4, -0.2) is 18.0 Å². The van der Waals surface area contributed by atoms with E-state index in [1.54, 1.807) is 44.4 Å². The van der Waals surface area contributed by atoms with Gasteiger partial charge in [0.2, 0.25) is 5.91 Å². The summed E-state index contributed by atoms with van der Waals surface area (Å²) in [5.41, 5.74) is 0.686. The van der Waals surface area contributed by atoms with Crippen molar-refractivity contribution in [3.63, 3.8) is 0 Å². The lowest BCUT2D eigenvalue weighted by molar-refractivity contribution is -0.117. The fourth-order valence-corrected chi connectivity index (χ4v) is 1.88. The molecule has 1 aromatic heterocycles. The Morgan fingerprint density at radius 3 is 2.36 bits per heavy atom. The van der Waals surface area contributed by atoms with Crippen molar-refractivity contribution in [1.82, 2.24) is 10.6 Å². The van der Waals surface area contributed by atoms with E-state index in [0.29, 0.717) is 11.4 Å². The number of benzene rings is 1. The first-order valence-corrected chi connectivity index (χ1v) is 7.02. The van der Waals surface area contributed by atoms with Gasteiger partial charge in [-0.1, -0.05) is 18.2 Å². The third-order valence-electron chi connectivity index (χ3n) is 3.10. The normalized spacial score (nSPS) is 13.0. The fraction of sp³-hybridized carbons (Fsp3) is 0.250. The van der Waals surface area contributed by atoms with Crippen LogP contribution < -0.4 is 16.0 Å². The number of furan rings is 1. The lowest BCUT2D eigenvalue weighted by Gasteiger charge is -2.17. The maximum atomic E-state index is 12.0. The van der Waals surface area contributed by atoms with Crippen LogP contribution >= 0.6 is 0 Å².